The normalized spacial score (nSPS) is 11.4. The van der Waals surface area contributed by atoms with Gasteiger partial charge in [-0.1, -0.05) is 0 Å². The van der Waals surface area contributed by atoms with E-state index in [1.807, 2.05) is 0 Å². The highest BCUT2D eigenvalue weighted by atomic mass is 31.0. The van der Waals surface area contributed by atoms with E-state index in [9.17, 15) is 39.5 Å². The fraction of sp³-hybridized carbons (Fsp3) is 0.0526. The van der Waals surface area contributed by atoms with Crippen molar-refractivity contribution >= 4 is 23.8 Å². The number of hydrogen-bond donors (Lipinski definition) is 0. The predicted octanol–water partition coefficient (Wildman–Crippen LogP) is 6.29. The summed E-state index contributed by atoms with van der Waals surface area (Å²) in [6.07, 6.45) is -0.681. The molecule has 12 heteroatoms. The first-order valence-corrected chi connectivity index (χ1v) is 9.49. The van der Waals surface area contributed by atoms with E-state index >= 15 is 4.39 Å². The predicted molar refractivity (Wildman–Crippen MR) is 99.7 cm³/mol. The molecule has 0 aliphatic carbocycles. The van der Waals surface area contributed by atoms with Crippen molar-refractivity contribution < 1.29 is 43.9 Å². The van der Waals surface area contributed by atoms with Gasteiger partial charge in [0.1, 0.15) is 23.3 Å². The Morgan fingerprint density at radius 2 is 1.00 bits per heavy atom. The number of benzene rings is 3. The van der Waals surface area contributed by atoms with Crippen LogP contribution in [0.3, 0.4) is 0 Å². The zero-order chi connectivity index (χ0) is 23.4. The van der Waals surface area contributed by atoms with E-state index in [0.29, 0.717) is 6.07 Å². The Hall–Kier alpha value is -2.18. The van der Waals surface area contributed by atoms with Gasteiger partial charge in [-0.3, -0.25) is 0 Å². The summed E-state index contributed by atoms with van der Waals surface area (Å²) in [6, 6.07) is 0.223. The minimum atomic E-state index is -2.42. The lowest BCUT2D eigenvalue weighted by atomic mass is 9.93. The first kappa shape index (κ1) is 23.5. The first-order valence-electron chi connectivity index (χ1n) is 8.09. The van der Waals surface area contributed by atoms with E-state index in [2.05, 4.69) is 0 Å². The van der Waals surface area contributed by atoms with E-state index in [0.717, 1.165) is 0 Å². The molecular formula is C19H8F10P2. The number of rotatable bonds is 3. The fourth-order valence-electron chi connectivity index (χ4n) is 3.02. The Bertz CT molecular complexity index is 1210. The van der Waals surface area contributed by atoms with Gasteiger partial charge in [0, 0.05) is 22.5 Å². The van der Waals surface area contributed by atoms with Gasteiger partial charge in [-0.25, -0.2) is 43.9 Å². The molecule has 0 N–H and O–H groups in total. The molecule has 31 heavy (non-hydrogen) atoms. The van der Waals surface area contributed by atoms with Gasteiger partial charge in [-0.15, -0.1) is 18.5 Å². The summed E-state index contributed by atoms with van der Waals surface area (Å²) in [7, 11) is 3.43. The standard InChI is InChI=1S/C19H8F10P2/c20-5-1-6(21)11(12-14(24)7(22)2-8(31)15(12)25)16(26)10(5)9-4(3-30)13(23)18(28)19(29)17(9)27/h1-2H,3,30-31H2. The minimum Gasteiger partial charge on any atom is -0.206 e. The lowest BCUT2D eigenvalue weighted by Gasteiger charge is -2.17. The van der Waals surface area contributed by atoms with Gasteiger partial charge in [0.15, 0.2) is 34.9 Å². The quantitative estimate of drug-likeness (QED) is 0.176. The molecule has 2 unspecified atom stereocenters. The first-order chi connectivity index (χ1) is 14.4. The van der Waals surface area contributed by atoms with E-state index in [1.165, 1.54) is 0 Å². The van der Waals surface area contributed by atoms with Gasteiger partial charge in [0.05, 0.1) is 16.7 Å². The summed E-state index contributed by atoms with van der Waals surface area (Å²) in [5.74, 6) is -20.3. The van der Waals surface area contributed by atoms with Gasteiger partial charge in [0.25, 0.3) is 0 Å². The summed E-state index contributed by atoms with van der Waals surface area (Å²) >= 11 is 0. The van der Waals surface area contributed by atoms with Crippen LogP contribution in [0.25, 0.3) is 22.3 Å². The average Bonchev–Trinajstić information content (AvgIpc) is 2.71. The third-order valence-corrected chi connectivity index (χ3v) is 5.25. The van der Waals surface area contributed by atoms with Crippen LogP contribution in [-0.2, 0) is 6.16 Å². The lowest BCUT2D eigenvalue weighted by molar-refractivity contribution is 0.406. The molecule has 3 rings (SSSR count). The van der Waals surface area contributed by atoms with Gasteiger partial charge in [-0.2, -0.15) is 0 Å². The average molecular weight is 488 g/mol. The van der Waals surface area contributed by atoms with Crippen LogP contribution in [-0.4, -0.2) is 0 Å². The highest BCUT2D eigenvalue weighted by molar-refractivity contribution is 7.27. The molecule has 3 aromatic carbocycles. The third kappa shape index (κ3) is 3.60. The Morgan fingerprint density at radius 1 is 0.484 bits per heavy atom. The molecule has 164 valence electrons. The Labute approximate surface area is 172 Å². The van der Waals surface area contributed by atoms with Crippen LogP contribution in [0.5, 0.6) is 0 Å². The van der Waals surface area contributed by atoms with Crippen LogP contribution < -0.4 is 5.30 Å². The van der Waals surface area contributed by atoms with Gasteiger partial charge in [0.2, 0.25) is 0 Å². The second-order valence-electron chi connectivity index (χ2n) is 6.17. The highest BCUT2D eigenvalue weighted by Gasteiger charge is 2.33. The maximum absolute atomic E-state index is 15.2. The molecule has 2 atom stereocenters. The topological polar surface area (TPSA) is 0 Å². The van der Waals surface area contributed by atoms with Crippen LogP contribution in [0.2, 0.25) is 0 Å². The van der Waals surface area contributed by atoms with Crippen molar-refractivity contribution in [3.63, 3.8) is 0 Å². The van der Waals surface area contributed by atoms with Crippen molar-refractivity contribution in [2.75, 3.05) is 0 Å². The van der Waals surface area contributed by atoms with E-state index in [4.69, 9.17) is 0 Å². The third-order valence-electron chi connectivity index (χ3n) is 4.42. The molecule has 3 aromatic rings. The molecule has 0 spiro atoms. The monoisotopic (exact) mass is 488 g/mol. The number of halogens is 10. The largest absolute Gasteiger partial charge is 0.206 e. The molecule has 0 aliphatic heterocycles. The molecule has 0 saturated heterocycles. The van der Waals surface area contributed by atoms with E-state index in [-0.39, 0.29) is 6.07 Å². The van der Waals surface area contributed by atoms with E-state index in [1.54, 1.807) is 18.5 Å². The summed E-state index contributed by atoms with van der Waals surface area (Å²) < 4.78 is 142. The molecule has 0 saturated carbocycles. The zero-order valence-corrected chi connectivity index (χ0v) is 17.1. The molecular weight excluding hydrogens is 480 g/mol. The van der Waals surface area contributed by atoms with Crippen LogP contribution >= 0.6 is 18.5 Å². The van der Waals surface area contributed by atoms with Crippen molar-refractivity contribution in [2.45, 2.75) is 6.16 Å². The molecule has 0 radical (unpaired) electrons. The summed E-state index contributed by atoms with van der Waals surface area (Å²) in [6.45, 7) is 0. The summed E-state index contributed by atoms with van der Waals surface area (Å²) in [5, 5.41) is -0.658. The maximum Gasteiger partial charge on any atom is 0.198 e. The van der Waals surface area contributed by atoms with E-state index < -0.39 is 97.5 Å². The highest BCUT2D eigenvalue weighted by Crippen LogP contribution is 2.42. The second-order valence-corrected chi connectivity index (χ2v) is 7.20. The Balaban J connectivity index is 2.53. The summed E-state index contributed by atoms with van der Waals surface area (Å²) in [4.78, 5) is 0. The molecule has 0 amide bonds. The van der Waals surface area contributed by atoms with Gasteiger partial charge < -0.3 is 0 Å². The molecule has 0 heterocycles. The summed E-state index contributed by atoms with van der Waals surface area (Å²) in [5.41, 5.74) is -7.40. The van der Waals surface area contributed by atoms with Crippen LogP contribution in [0.1, 0.15) is 5.56 Å². The molecule has 0 fully saturated rings. The van der Waals surface area contributed by atoms with Crippen LogP contribution in [0, 0.1) is 58.2 Å². The Morgan fingerprint density at radius 3 is 1.55 bits per heavy atom. The lowest BCUT2D eigenvalue weighted by Crippen LogP contribution is -2.11. The molecule has 0 aliphatic rings. The smallest absolute Gasteiger partial charge is 0.198 e. The van der Waals surface area contributed by atoms with Crippen molar-refractivity contribution in [1.82, 2.24) is 0 Å². The molecule has 0 bridgehead atoms. The van der Waals surface area contributed by atoms with Crippen molar-refractivity contribution in [3.05, 3.63) is 75.9 Å². The number of hydrogen-bond acceptors (Lipinski definition) is 0. The van der Waals surface area contributed by atoms with Crippen molar-refractivity contribution in [1.29, 1.82) is 0 Å². The van der Waals surface area contributed by atoms with Crippen molar-refractivity contribution in [2.24, 2.45) is 0 Å². The fourth-order valence-corrected chi connectivity index (χ4v) is 3.69. The van der Waals surface area contributed by atoms with Crippen LogP contribution in [0.4, 0.5) is 43.9 Å². The maximum atomic E-state index is 15.2. The van der Waals surface area contributed by atoms with Gasteiger partial charge >= 0.3 is 0 Å². The zero-order valence-electron chi connectivity index (χ0n) is 14.8. The second kappa shape index (κ2) is 8.40. The SMILES string of the molecule is Fc1cc(P)c(F)c(-c2c(F)cc(F)c(-c3c(F)c(F)c(F)c(F)c3CP)c2F)c1F. The Kier molecular flexibility index (Phi) is 6.36. The van der Waals surface area contributed by atoms with Crippen molar-refractivity contribution in [3.8, 4) is 22.3 Å². The molecule has 0 nitrogen and oxygen atoms in total. The van der Waals surface area contributed by atoms with Crippen LogP contribution in [0.15, 0.2) is 12.1 Å². The minimum absolute atomic E-state index is 0.134. The molecule has 0 aromatic heterocycles. The van der Waals surface area contributed by atoms with Gasteiger partial charge in [-0.05, 0) is 12.2 Å².